The smallest absolute Gasteiger partial charge is 0.422 e. The molecule has 0 atom stereocenters. The van der Waals surface area contributed by atoms with Crippen molar-refractivity contribution >= 4 is 5.96 Å². The molecule has 6 nitrogen and oxygen atoms in total. The van der Waals surface area contributed by atoms with Gasteiger partial charge in [0.2, 0.25) is 5.88 Å². The maximum atomic E-state index is 12.3. The van der Waals surface area contributed by atoms with Gasteiger partial charge in [-0.3, -0.25) is 0 Å². The highest BCUT2D eigenvalue weighted by Crippen LogP contribution is 2.38. The summed E-state index contributed by atoms with van der Waals surface area (Å²) in [5.41, 5.74) is 0.787. The van der Waals surface area contributed by atoms with Crippen LogP contribution in [0.3, 0.4) is 0 Å². The van der Waals surface area contributed by atoms with Crippen LogP contribution in [0.4, 0.5) is 13.2 Å². The lowest BCUT2D eigenvalue weighted by Gasteiger charge is -2.37. The molecule has 1 aromatic heterocycles. The van der Waals surface area contributed by atoms with E-state index in [9.17, 15) is 18.3 Å². The molecule has 2 rings (SSSR count). The molecule has 1 saturated carbocycles. The number of pyridine rings is 1. The topological polar surface area (TPSA) is 78.8 Å². The number of rotatable bonds is 9. The molecule has 1 aromatic rings. The van der Waals surface area contributed by atoms with E-state index in [1.54, 1.807) is 6.07 Å². The van der Waals surface area contributed by atoms with Crippen LogP contribution >= 0.6 is 0 Å². The number of nitrogens with one attached hydrogen (secondary N) is 2. The van der Waals surface area contributed by atoms with Crippen molar-refractivity contribution in [2.45, 2.75) is 58.2 Å². The van der Waals surface area contributed by atoms with Crippen molar-refractivity contribution in [3.63, 3.8) is 0 Å². The van der Waals surface area contributed by atoms with Crippen LogP contribution in [0.15, 0.2) is 23.3 Å². The van der Waals surface area contributed by atoms with Gasteiger partial charge in [-0.05, 0) is 43.2 Å². The van der Waals surface area contributed by atoms with Crippen LogP contribution in [0.25, 0.3) is 0 Å². The molecule has 0 unspecified atom stereocenters. The number of nitrogens with zero attached hydrogens (tertiary/aromatic N) is 2. The quantitative estimate of drug-likeness (QED) is 0.425. The van der Waals surface area contributed by atoms with Gasteiger partial charge in [0, 0.05) is 32.0 Å². The fourth-order valence-electron chi connectivity index (χ4n) is 3.62. The lowest BCUT2D eigenvalue weighted by Crippen LogP contribution is -2.44. The first-order valence-corrected chi connectivity index (χ1v) is 10.1. The van der Waals surface area contributed by atoms with Crippen LogP contribution < -0.4 is 15.4 Å². The Kier molecular flexibility index (Phi) is 9.00. The van der Waals surface area contributed by atoms with E-state index < -0.39 is 12.8 Å². The van der Waals surface area contributed by atoms with E-state index in [1.807, 2.05) is 6.92 Å². The van der Waals surface area contributed by atoms with Gasteiger partial charge in [0.25, 0.3) is 0 Å². The van der Waals surface area contributed by atoms with E-state index >= 15 is 0 Å². The molecule has 1 aliphatic rings. The molecular weight excluding hydrogens is 385 g/mol. The second-order valence-corrected chi connectivity index (χ2v) is 7.49. The van der Waals surface area contributed by atoms with Gasteiger partial charge in [-0.25, -0.2) is 9.98 Å². The van der Waals surface area contributed by atoms with Crippen molar-refractivity contribution in [3.8, 4) is 5.88 Å². The first-order chi connectivity index (χ1) is 13.9. The number of aliphatic imine (C=N–C) groups is 1. The van der Waals surface area contributed by atoms with E-state index in [2.05, 4.69) is 20.6 Å². The third-order valence-electron chi connectivity index (χ3n) is 5.13. The summed E-state index contributed by atoms with van der Waals surface area (Å²) in [5.74, 6) is 0.571. The number of aliphatic hydroxyl groups is 1. The highest BCUT2D eigenvalue weighted by Gasteiger charge is 2.31. The van der Waals surface area contributed by atoms with Crippen molar-refractivity contribution in [3.05, 3.63) is 23.9 Å². The molecule has 164 valence electrons. The monoisotopic (exact) mass is 416 g/mol. The second kappa shape index (κ2) is 11.2. The van der Waals surface area contributed by atoms with Crippen LogP contribution in [0.1, 0.15) is 51.0 Å². The molecule has 0 bridgehead atoms. The number of halogens is 3. The summed E-state index contributed by atoms with van der Waals surface area (Å²) in [5, 5.41) is 16.0. The number of alkyl halides is 3. The normalized spacial score (nSPS) is 17.1. The van der Waals surface area contributed by atoms with Gasteiger partial charge in [0.05, 0.1) is 6.54 Å². The Morgan fingerprint density at radius 1 is 1.28 bits per heavy atom. The third kappa shape index (κ3) is 8.47. The zero-order valence-electron chi connectivity index (χ0n) is 16.9. The van der Waals surface area contributed by atoms with E-state index in [4.69, 9.17) is 4.74 Å². The van der Waals surface area contributed by atoms with Gasteiger partial charge in [-0.1, -0.05) is 19.3 Å². The van der Waals surface area contributed by atoms with Gasteiger partial charge < -0.3 is 20.5 Å². The molecule has 0 aromatic carbocycles. The lowest BCUT2D eigenvalue weighted by molar-refractivity contribution is -0.154. The minimum atomic E-state index is -4.40. The summed E-state index contributed by atoms with van der Waals surface area (Å²) in [6, 6.07) is 3.16. The van der Waals surface area contributed by atoms with E-state index in [-0.39, 0.29) is 24.4 Å². The molecule has 0 saturated heterocycles. The van der Waals surface area contributed by atoms with Gasteiger partial charge in [-0.2, -0.15) is 13.2 Å². The van der Waals surface area contributed by atoms with E-state index in [1.165, 1.54) is 31.5 Å². The van der Waals surface area contributed by atoms with Crippen molar-refractivity contribution in [1.29, 1.82) is 0 Å². The second-order valence-electron chi connectivity index (χ2n) is 7.49. The van der Waals surface area contributed by atoms with Crippen molar-refractivity contribution in [2.75, 3.05) is 26.3 Å². The molecule has 0 radical (unpaired) electrons. The molecule has 1 heterocycles. The van der Waals surface area contributed by atoms with Crippen LogP contribution in [0, 0.1) is 5.41 Å². The number of hydrogen-bond acceptors (Lipinski definition) is 4. The zero-order valence-corrected chi connectivity index (χ0v) is 16.9. The molecule has 3 N–H and O–H groups in total. The average molecular weight is 416 g/mol. The molecule has 1 aliphatic carbocycles. The van der Waals surface area contributed by atoms with Crippen LogP contribution in [0.5, 0.6) is 5.88 Å². The number of ether oxygens (including phenoxy) is 1. The van der Waals surface area contributed by atoms with Gasteiger partial charge in [-0.15, -0.1) is 0 Å². The minimum Gasteiger partial charge on any atom is -0.468 e. The molecule has 0 amide bonds. The molecule has 0 spiro atoms. The number of aliphatic hydroxyl groups excluding tert-OH is 1. The fraction of sp³-hybridized carbons (Fsp3) is 0.700. The Bertz CT molecular complexity index is 641. The van der Waals surface area contributed by atoms with E-state index in [0.29, 0.717) is 18.1 Å². The Labute approximate surface area is 170 Å². The third-order valence-corrected chi connectivity index (χ3v) is 5.13. The number of guanidine groups is 1. The Balaban J connectivity index is 1.97. The van der Waals surface area contributed by atoms with Crippen LogP contribution in [-0.4, -0.2) is 48.5 Å². The summed E-state index contributed by atoms with van der Waals surface area (Å²) < 4.78 is 41.6. The molecule has 9 heteroatoms. The van der Waals surface area contributed by atoms with Gasteiger partial charge in [0.15, 0.2) is 12.6 Å². The van der Waals surface area contributed by atoms with Gasteiger partial charge in [0.1, 0.15) is 0 Å². The zero-order chi connectivity index (χ0) is 21.2. The first kappa shape index (κ1) is 23.3. The molecule has 29 heavy (non-hydrogen) atoms. The maximum Gasteiger partial charge on any atom is 0.422 e. The van der Waals surface area contributed by atoms with Crippen LogP contribution in [0.2, 0.25) is 0 Å². The Morgan fingerprint density at radius 2 is 2.03 bits per heavy atom. The Morgan fingerprint density at radius 3 is 2.69 bits per heavy atom. The standard InChI is InChI=1S/C20H31F3N4O2/c1-2-24-18(27-14-19(9-11-28)7-4-3-5-8-19)26-13-16-6-10-25-17(12-16)29-15-20(21,22)23/h6,10,12,28H,2-5,7-9,11,13-15H2,1H3,(H2,24,26,27). The summed E-state index contributed by atoms with van der Waals surface area (Å²) in [7, 11) is 0. The van der Waals surface area contributed by atoms with Crippen molar-refractivity contribution in [1.82, 2.24) is 15.6 Å². The fourth-order valence-corrected chi connectivity index (χ4v) is 3.62. The predicted molar refractivity (Wildman–Crippen MR) is 106 cm³/mol. The van der Waals surface area contributed by atoms with Crippen LogP contribution in [-0.2, 0) is 6.54 Å². The summed E-state index contributed by atoms with van der Waals surface area (Å²) >= 11 is 0. The average Bonchev–Trinajstić information content (AvgIpc) is 2.69. The summed E-state index contributed by atoms with van der Waals surface area (Å²) in [6.45, 7) is 2.48. The summed E-state index contributed by atoms with van der Waals surface area (Å²) in [4.78, 5) is 8.34. The maximum absolute atomic E-state index is 12.3. The van der Waals surface area contributed by atoms with Crippen molar-refractivity contribution < 1.29 is 23.0 Å². The minimum absolute atomic E-state index is 0.0721. The predicted octanol–water partition coefficient (Wildman–Crippen LogP) is 3.41. The molecular formula is C20H31F3N4O2. The SMILES string of the molecule is CCNC(=NCc1ccnc(OCC(F)(F)F)c1)NCC1(CCO)CCCCC1. The highest BCUT2D eigenvalue weighted by atomic mass is 19.4. The van der Waals surface area contributed by atoms with E-state index in [0.717, 1.165) is 25.8 Å². The largest absolute Gasteiger partial charge is 0.468 e. The van der Waals surface area contributed by atoms with Gasteiger partial charge >= 0.3 is 6.18 Å². The summed E-state index contributed by atoms with van der Waals surface area (Å²) in [6.07, 6.45) is 3.54. The van der Waals surface area contributed by atoms with Crippen molar-refractivity contribution in [2.24, 2.45) is 10.4 Å². The number of aromatic nitrogens is 1. The highest BCUT2D eigenvalue weighted by molar-refractivity contribution is 5.79. The Hall–Kier alpha value is -2.03. The molecule has 0 aliphatic heterocycles. The first-order valence-electron chi connectivity index (χ1n) is 10.1. The molecule has 1 fully saturated rings. The number of hydrogen-bond donors (Lipinski definition) is 3. The lowest BCUT2D eigenvalue weighted by atomic mass is 9.72.